The van der Waals surface area contributed by atoms with E-state index in [4.69, 9.17) is 10.5 Å². The normalized spacial score (nSPS) is 12.1. The van der Waals surface area contributed by atoms with E-state index in [0.717, 1.165) is 5.69 Å². The van der Waals surface area contributed by atoms with E-state index in [9.17, 15) is 4.79 Å². The lowest BCUT2D eigenvalue weighted by Crippen LogP contribution is -2.16. The van der Waals surface area contributed by atoms with Crippen molar-refractivity contribution in [2.75, 3.05) is 6.61 Å². The lowest BCUT2D eigenvalue weighted by atomic mass is 10.1. The fraction of sp³-hybridized carbons (Fsp3) is 0.429. The molecule has 2 rings (SSSR count). The number of nitrogens with two attached hydrogens (primary N) is 1. The lowest BCUT2D eigenvalue weighted by molar-refractivity contribution is -0.143. The quantitative estimate of drug-likeness (QED) is 0.781. The molecule has 0 bridgehead atoms. The summed E-state index contributed by atoms with van der Waals surface area (Å²) in [4.78, 5) is 27.2. The Kier molecular flexibility index (Phi) is 4.99. The van der Waals surface area contributed by atoms with Crippen LogP contribution in [0.25, 0.3) is 11.6 Å². The van der Waals surface area contributed by atoms with Crippen molar-refractivity contribution >= 4 is 5.97 Å². The molecular weight excluding hydrogens is 270 g/mol. The van der Waals surface area contributed by atoms with Gasteiger partial charge >= 0.3 is 5.97 Å². The Balaban J connectivity index is 2.10. The number of carbonyl (C=O) groups excluding carboxylic acids is 1. The zero-order chi connectivity index (χ0) is 15.2. The van der Waals surface area contributed by atoms with E-state index in [-0.39, 0.29) is 18.4 Å². The molecule has 2 aromatic heterocycles. The van der Waals surface area contributed by atoms with Gasteiger partial charge in [-0.2, -0.15) is 0 Å². The van der Waals surface area contributed by atoms with Crippen LogP contribution in [0.2, 0.25) is 0 Å². The van der Waals surface area contributed by atoms with Gasteiger partial charge in [0.1, 0.15) is 0 Å². The summed E-state index contributed by atoms with van der Waals surface area (Å²) in [5.74, 6) is 0.851. The SMILES string of the molecule is CCOC(=O)CCC(N)c1cc(C)nc(-c2ncc[nH]2)n1. The Morgan fingerprint density at radius 2 is 2.29 bits per heavy atom. The number of aromatic amines is 1. The number of nitrogens with zero attached hydrogens (tertiary/aromatic N) is 3. The van der Waals surface area contributed by atoms with Crippen LogP contribution >= 0.6 is 0 Å². The largest absolute Gasteiger partial charge is 0.466 e. The van der Waals surface area contributed by atoms with Gasteiger partial charge in [-0.1, -0.05) is 0 Å². The molecule has 0 aliphatic heterocycles. The third kappa shape index (κ3) is 4.09. The molecule has 1 unspecified atom stereocenters. The standard InChI is InChI=1S/C14H19N5O2/c1-3-21-12(20)5-4-10(15)11-8-9(2)18-14(19-11)13-16-6-7-17-13/h6-8,10H,3-5,15H2,1-2H3,(H,16,17). The van der Waals surface area contributed by atoms with Crippen LogP contribution in [-0.4, -0.2) is 32.5 Å². The third-order valence-corrected chi connectivity index (χ3v) is 2.93. The smallest absolute Gasteiger partial charge is 0.305 e. The number of hydrogen-bond donors (Lipinski definition) is 2. The average Bonchev–Trinajstić information content (AvgIpc) is 2.98. The van der Waals surface area contributed by atoms with Gasteiger partial charge in [0.15, 0.2) is 11.6 Å². The first kappa shape index (κ1) is 15.1. The molecule has 21 heavy (non-hydrogen) atoms. The second-order valence-corrected chi connectivity index (χ2v) is 4.65. The van der Waals surface area contributed by atoms with Gasteiger partial charge in [0, 0.05) is 30.6 Å². The van der Waals surface area contributed by atoms with Crippen molar-refractivity contribution in [2.24, 2.45) is 5.73 Å². The summed E-state index contributed by atoms with van der Waals surface area (Å²) in [5, 5.41) is 0. The molecular formula is C14H19N5O2. The Labute approximate surface area is 123 Å². The maximum Gasteiger partial charge on any atom is 0.305 e. The van der Waals surface area contributed by atoms with Crippen molar-refractivity contribution in [1.29, 1.82) is 0 Å². The van der Waals surface area contributed by atoms with Crippen molar-refractivity contribution in [2.45, 2.75) is 32.7 Å². The molecule has 0 amide bonds. The zero-order valence-electron chi connectivity index (χ0n) is 12.2. The highest BCUT2D eigenvalue weighted by Gasteiger charge is 2.14. The van der Waals surface area contributed by atoms with Crippen molar-refractivity contribution in [3.63, 3.8) is 0 Å². The zero-order valence-corrected chi connectivity index (χ0v) is 12.2. The van der Waals surface area contributed by atoms with Crippen LogP contribution in [-0.2, 0) is 9.53 Å². The molecule has 7 nitrogen and oxygen atoms in total. The first-order valence-corrected chi connectivity index (χ1v) is 6.86. The molecule has 0 aliphatic carbocycles. The van der Waals surface area contributed by atoms with Crippen LogP contribution in [0.3, 0.4) is 0 Å². The minimum absolute atomic E-state index is 0.245. The monoisotopic (exact) mass is 289 g/mol. The molecule has 7 heteroatoms. The minimum Gasteiger partial charge on any atom is -0.466 e. The molecule has 0 radical (unpaired) electrons. The van der Waals surface area contributed by atoms with Gasteiger partial charge in [-0.15, -0.1) is 0 Å². The van der Waals surface area contributed by atoms with Crippen LogP contribution in [0.5, 0.6) is 0 Å². The Bertz CT molecular complexity index is 597. The van der Waals surface area contributed by atoms with Gasteiger partial charge < -0.3 is 15.5 Å². The Morgan fingerprint density at radius 3 is 2.95 bits per heavy atom. The molecule has 0 saturated carbocycles. The number of rotatable bonds is 6. The Morgan fingerprint density at radius 1 is 1.48 bits per heavy atom. The summed E-state index contributed by atoms with van der Waals surface area (Å²) < 4.78 is 4.89. The molecule has 3 N–H and O–H groups in total. The number of aromatic nitrogens is 4. The number of aryl methyl sites for hydroxylation is 1. The molecule has 2 aromatic rings. The summed E-state index contributed by atoms with van der Waals surface area (Å²) >= 11 is 0. The highest BCUT2D eigenvalue weighted by Crippen LogP contribution is 2.18. The summed E-state index contributed by atoms with van der Waals surface area (Å²) in [7, 11) is 0. The third-order valence-electron chi connectivity index (χ3n) is 2.93. The van der Waals surface area contributed by atoms with E-state index >= 15 is 0 Å². The number of hydrogen-bond acceptors (Lipinski definition) is 6. The highest BCUT2D eigenvalue weighted by atomic mass is 16.5. The predicted molar refractivity (Wildman–Crippen MR) is 77.1 cm³/mol. The number of imidazole rings is 1. The maximum absolute atomic E-state index is 11.4. The van der Waals surface area contributed by atoms with E-state index < -0.39 is 0 Å². The van der Waals surface area contributed by atoms with Gasteiger partial charge in [0.25, 0.3) is 0 Å². The fourth-order valence-electron chi connectivity index (χ4n) is 1.93. The maximum atomic E-state index is 11.4. The molecule has 112 valence electrons. The first-order chi connectivity index (χ1) is 10.1. The minimum atomic E-state index is -0.343. The second-order valence-electron chi connectivity index (χ2n) is 4.65. The summed E-state index contributed by atoms with van der Waals surface area (Å²) in [6.45, 7) is 4.03. The van der Waals surface area contributed by atoms with E-state index in [0.29, 0.717) is 30.4 Å². The number of ether oxygens (including phenoxy) is 1. The van der Waals surface area contributed by atoms with Gasteiger partial charge in [0.05, 0.1) is 12.3 Å². The lowest BCUT2D eigenvalue weighted by Gasteiger charge is -2.12. The fourth-order valence-corrected chi connectivity index (χ4v) is 1.93. The topological polar surface area (TPSA) is 107 Å². The van der Waals surface area contributed by atoms with E-state index in [1.54, 1.807) is 19.3 Å². The van der Waals surface area contributed by atoms with Crippen molar-refractivity contribution in [3.05, 3.63) is 29.8 Å². The summed E-state index contributed by atoms with van der Waals surface area (Å²) in [6.07, 6.45) is 4.10. The molecule has 0 fully saturated rings. The van der Waals surface area contributed by atoms with Crippen LogP contribution in [0.4, 0.5) is 0 Å². The number of nitrogens with one attached hydrogen (secondary N) is 1. The van der Waals surface area contributed by atoms with Crippen LogP contribution < -0.4 is 5.73 Å². The van der Waals surface area contributed by atoms with E-state index in [2.05, 4.69) is 19.9 Å². The number of carbonyl (C=O) groups is 1. The van der Waals surface area contributed by atoms with Crippen molar-refractivity contribution < 1.29 is 9.53 Å². The molecule has 0 aliphatic rings. The molecule has 0 saturated heterocycles. The van der Waals surface area contributed by atoms with Crippen LogP contribution in [0, 0.1) is 6.92 Å². The summed E-state index contributed by atoms with van der Waals surface area (Å²) in [5.41, 5.74) is 7.60. The van der Waals surface area contributed by atoms with Gasteiger partial charge in [-0.3, -0.25) is 4.79 Å². The Hall–Kier alpha value is -2.28. The molecule has 0 spiro atoms. The summed E-state index contributed by atoms with van der Waals surface area (Å²) in [6, 6.07) is 1.48. The van der Waals surface area contributed by atoms with Gasteiger partial charge in [-0.25, -0.2) is 15.0 Å². The van der Waals surface area contributed by atoms with E-state index in [1.165, 1.54) is 0 Å². The van der Waals surface area contributed by atoms with Crippen LogP contribution in [0.1, 0.15) is 37.2 Å². The van der Waals surface area contributed by atoms with Crippen LogP contribution in [0.15, 0.2) is 18.5 Å². The average molecular weight is 289 g/mol. The van der Waals surface area contributed by atoms with Gasteiger partial charge in [-0.05, 0) is 26.3 Å². The molecule has 0 aromatic carbocycles. The van der Waals surface area contributed by atoms with Crippen molar-refractivity contribution in [3.8, 4) is 11.6 Å². The van der Waals surface area contributed by atoms with E-state index in [1.807, 2.05) is 13.0 Å². The molecule has 2 heterocycles. The highest BCUT2D eigenvalue weighted by molar-refractivity contribution is 5.69. The predicted octanol–water partition coefficient (Wildman–Crippen LogP) is 1.52. The molecule has 1 atom stereocenters. The van der Waals surface area contributed by atoms with Crippen molar-refractivity contribution in [1.82, 2.24) is 19.9 Å². The second kappa shape index (κ2) is 6.94. The number of esters is 1. The number of H-pyrrole nitrogens is 1. The first-order valence-electron chi connectivity index (χ1n) is 6.86. The van der Waals surface area contributed by atoms with Gasteiger partial charge in [0.2, 0.25) is 0 Å².